The third-order valence-corrected chi connectivity index (χ3v) is 11.0. The summed E-state index contributed by atoms with van der Waals surface area (Å²) in [5, 5.41) is 2.32. The maximum Gasteiger partial charge on any atom is -0.0000825 e. The summed E-state index contributed by atoms with van der Waals surface area (Å²) >= 11 is 0. The summed E-state index contributed by atoms with van der Waals surface area (Å²) < 4.78 is 0. The van der Waals surface area contributed by atoms with E-state index in [2.05, 4.69) is 218 Å². The Morgan fingerprint density at radius 2 is 0.782 bits per heavy atom. The van der Waals surface area contributed by atoms with Gasteiger partial charge in [0.2, 0.25) is 0 Å². The normalized spacial score (nSPS) is 12.5. The van der Waals surface area contributed by atoms with Crippen LogP contribution in [0.2, 0.25) is 0 Å². The van der Waals surface area contributed by atoms with Gasteiger partial charge in [0.15, 0.2) is 0 Å². The van der Waals surface area contributed by atoms with E-state index >= 15 is 0 Å². The Labute approximate surface area is 323 Å². The average molecular weight is 698 g/mol. The fourth-order valence-corrected chi connectivity index (χ4v) is 8.66. The molecule has 8 aromatic carbocycles. The lowest BCUT2D eigenvalue weighted by Gasteiger charge is -2.27. The van der Waals surface area contributed by atoms with Crippen LogP contribution in [-0.4, -0.2) is 0 Å². The highest BCUT2D eigenvalue weighted by atomic mass is 14.3. The second kappa shape index (κ2) is 14.1. The first-order valence-electron chi connectivity index (χ1n) is 19.1. The lowest BCUT2D eigenvalue weighted by molar-refractivity contribution is 1.41. The van der Waals surface area contributed by atoms with Gasteiger partial charge >= 0.3 is 0 Å². The number of allylic oxidation sites excluding steroid dienone is 4. The molecule has 0 aromatic heterocycles. The maximum atomic E-state index is 4.10. The largest absolute Gasteiger partial charge is 0.0801 e. The molecule has 0 unspecified atom stereocenters. The van der Waals surface area contributed by atoms with E-state index in [1.807, 2.05) is 0 Å². The molecular weight excluding hydrogens is 661 g/mol. The summed E-state index contributed by atoms with van der Waals surface area (Å²) in [6.07, 6.45) is 11.8. The molecule has 2 aliphatic carbocycles. The van der Waals surface area contributed by atoms with Crippen LogP contribution in [0.4, 0.5) is 0 Å². The summed E-state index contributed by atoms with van der Waals surface area (Å²) in [6, 6.07) is 70.4. The van der Waals surface area contributed by atoms with Crippen LogP contribution in [-0.2, 0) is 0 Å². The van der Waals surface area contributed by atoms with Crippen molar-refractivity contribution in [2.45, 2.75) is 6.42 Å². The number of hydrogen-bond donors (Lipinski definition) is 0. The monoisotopic (exact) mass is 697 g/mol. The third kappa shape index (κ3) is 5.71. The van der Waals surface area contributed by atoms with Gasteiger partial charge in [0.05, 0.1) is 0 Å². The fourth-order valence-electron chi connectivity index (χ4n) is 8.66. The van der Waals surface area contributed by atoms with E-state index in [1.54, 1.807) is 0 Å². The summed E-state index contributed by atoms with van der Waals surface area (Å²) in [6.45, 7) is 0. The van der Waals surface area contributed by atoms with Crippen molar-refractivity contribution in [2.75, 3.05) is 0 Å². The minimum Gasteiger partial charge on any atom is -0.0801 e. The van der Waals surface area contributed by atoms with Gasteiger partial charge in [0.1, 0.15) is 0 Å². The SMILES string of the molecule is [C]1=c2ccc(=C(c3ccccc3)c3ccccc3)c(-c3ccccc3)c2-c2c1c(C1=CC=CC1)c(-c1ccccc1)c(-c1ccccc1)c2-c1ccccc1. The zero-order valence-electron chi connectivity index (χ0n) is 30.4. The summed E-state index contributed by atoms with van der Waals surface area (Å²) in [4.78, 5) is 0. The molecule has 0 aliphatic heterocycles. The van der Waals surface area contributed by atoms with E-state index in [-0.39, 0.29) is 0 Å². The Hall–Kier alpha value is -7.02. The van der Waals surface area contributed by atoms with Crippen LogP contribution in [0, 0.1) is 0 Å². The van der Waals surface area contributed by atoms with Crippen LogP contribution in [0.5, 0.6) is 0 Å². The summed E-state index contributed by atoms with van der Waals surface area (Å²) in [5.74, 6) is 0. The molecule has 0 spiro atoms. The van der Waals surface area contributed by atoms with E-state index in [4.69, 9.17) is 0 Å². The van der Waals surface area contributed by atoms with Crippen molar-refractivity contribution in [1.82, 2.24) is 0 Å². The van der Waals surface area contributed by atoms with E-state index < -0.39 is 0 Å². The predicted octanol–water partition coefficient (Wildman–Crippen LogP) is 12.6. The molecule has 10 rings (SSSR count). The highest BCUT2D eigenvalue weighted by Gasteiger charge is 2.32. The minimum atomic E-state index is 0.875. The molecule has 8 aromatic rings. The number of rotatable bonds is 7. The average Bonchev–Trinajstić information content (AvgIpc) is 3.94. The van der Waals surface area contributed by atoms with Crippen LogP contribution >= 0.6 is 0 Å². The molecule has 0 saturated carbocycles. The molecule has 0 bridgehead atoms. The van der Waals surface area contributed by atoms with Crippen molar-refractivity contribution >= 4 is 17.2 Å². The van der Waals surface area contributed by atoms with Gasteiger partial charge in [0.25, 0.3) is 0 Å². The van der Waals surface area contributed by atoms with Gasteiger partial charge in [-0.1, -0.05) is 212 Å². The maximum absolute atomic E-state index is 4.10. The Balaban J connectivity index is 1.46. The zero-order chi connectivity index (χ0) is 36.6. The van der Waals surface area contributed by atoms with E-state index in [0.717, 1.165) is 17.2 Å². The summed E-state index contributed by atoms with van der Waals surface area (Å²) in [7, 11) is 0. The first-order chi connectivity index (χ1) is 27.3. The zero-order valence-corrected chi connectivity index (χ0v) is 30.4. The molecule has 1 radical (unpaired) electrons. The topological polar surface area (TPSA) is 0 Å². The van der Waals surface area contributed by atoms with E-state index in [0.29, 0.717) is 0 Å². The first kappa shape index (κ1) is 32.6. The van der Waals surface area contributed by atoms with Crippen molar-refractivity contribution in [3.63, 3.8) is 0 Å². The molecule has 0 amide bonds. The molecule has 55 heavy (non-hydrogen) atoms. The van der Waals surface area contributed by atoms with Crippen LogP contribution < -0.4 is 10.4 Å². The molecule has 0 saturated heterocycles. The van der Waals surface area contributed by atoms with E-state index in [9.17, 15) is 0 Å². The van der Waals surface area contributed by atoms with Crippen LogP contribution in [0.3, 0.4) is 0 Å². The van der Waals surface area contributed by atoms with Gasteiger partial charge < -0.3 is 0 Å². The smallest absolute Gasteiger partial charge is 0.0000825 e. The van der Waals surface area contributed by atoms with Crippen LogP contribution in [0.1, 0.15) is 28.7 Å². The van der Waals surface area contributed by atoms with Crippen molar-refractivity contribution in [3.05, 3.63) is 245 Å². The standard InChI is InChI=1S/C55H37/c1-7-21-38(22-8-1)48(39-23-9-2-10-24-39)46-36-35-45-37-47-50(41-33-19-20-34-41)51(42-27-13-4-14-28-42)52(43-29-15-5-16-30-43)53(44-31-17-6-18-32-44)55(47)54(45)49(46)40-25-11-3-12-26-40/h1-33,35-36H,34H2. The van der Waals surface area contributed by atoms with Gasteiger partial charge in [0, 0.05) is 0 Å². The predicted molar refractivity (Wildman–Crippen MR) is 232 cm³/mol. The Morgan fingerprint density at radius 3 is 1.24 bits per heavy atom. The van der Waals surface area contributed by atoms with Gasteiger partial charge in [-0.25, -0.2) is 0 Å². The molecular formula is C55H37. The number of benzene rings is 8. The molecule has 0 N–H and O–H groups in total. The molecule has 0 nitrogen and oxygen atoms in total. The summed E-state index contributed by atoms with van der Waals surface area (Å²) in [5.41, 5.74) is 19.5. The van der Waals surface area contributed by atoms with E-state index in [1.165, 1.54) is 88.7 Å². The van der Waals surface area contributed by atoms with Crippen LogP contribution in [0.15, 0.2) is 212 Å². The Morgan fingerprint density at radius 1 is 0.364 bits per heavy atom. The Kier molecular flexibility index (Phi) is 8.35. The lowest BCUT2D eigenvalue weighted by atomic mass is 9.76. The van der Waals surface area contributed by atoms with Gasteiger partial charge in [-0.05, 0) is 112 Å². The first-order valence-corrected chi connectivity index (χ1v) is 19.1. The van der Waals surface area contributed by atoms with Crippen LogP contribution in [0.25, 0.3) is 72.9 Å². The molecule has 257 valence electrons. The quantitative estimate of drug-likeness (QED) is 0.156. The lowest BCUT2D eigenvalue weighted by Crippen LogP contribution is -2.18. The highest BCUT2D eigenvalue weighted by molar-refractivity contribution is 6.13. The van der Waals surface area contributed by atoms with Gasteiger partial charge in [-0.3, -0.25) is 0 Å². The molecule has 0 fully saturated rings. The van der Waals surface area contributed by atoms with Gasteiger partial charge in [-0.2, -0.15) is 0 Å². The molecule has 2 aliphatic rings. The van der Waals surface area contributed by atoms with Gasteiger partial charge in [-0.15, -0.1) is 0 Å². The molecule has 0 heterocycles. The second-order valence-corrected chi connectivity index (χ2v) is 14.2. The van der Waals surface area contributed by atoms with Crippen molar-refractivity contribution in [3.8, 4) is 55.6 Å². The van der Waals surface area contributed by atoms with Crippen molar-refractivity contribution in [1.29, 1.82) is 0 Å². The van der Waals surface area contributed by atoms with Crippen molar-refractivity contribution in [2.24, 2.45) is 0 Å². The highest BCUT2D eigenvalue weighted by Crippen LogP contribution is 2.54. The molecule has 0 heteroatoms. The second-order valence-electron chi connectivity index (χ2n) is 14.2. The third-order valence-electron chi connectivity index (χ3n) is 11.0. The van der Waals surface area contributed by atoms with Crippen molar-refractivity contribution < 1.29 is 0 Å². The minimum absolute atomic E-state index is 0.875. The Bertz CT molecular complexity index is 2820. The number of hydrogen-bond acceptors (Lipinski definition) is 0. The fraction of sp³-hybridized carbons (Fsp3) is 0.0182. The molecule has 0 atom stereocenters. The number of fused-ring (bicyclic) bond motifs is 3.